The first-order valence-corrected chi connectivity index (χ1v) is 6.12. The second-order valence-corrected chi connectivity index (χ2v) is 4.47. The lowest BCUT2D eigenvalue weighted by Crippen LogP contribution is -2.06. The van der Waals surface area contributed by atoms with Gasteiger partial charge in [0.05, 0.1) is 29.2 Å². The van der Waals surface area contributed by atoms with Crippen LogP contribution in [0.1, 0.15) is 6.42 Å². The molecule has 0 unspecified atom stereocenters. The standard InChI is InChI=1S/C13H10F2N4O2/c14-8-3-10-11(4-9(8)15)19(2-1-12(20)21)13(18-10)7-5-16-17-6-7/h3-6H,1-2H2,(H,16,17)(H,20,21). The number of H-pyrrole nitrogens is 1. The minimum Gasteiger partial charge on any atom is -0.481 e. The minimum absolute atomic E-state index is 0.0947. The summed E-state index contributed by atoms with van der Waals surface area (Å²) in [4.78, 5) is 15.0. The molecule has 0 spiro atoms. The number of rotatable bonds is 4. The number of nitrogens with zero attached hydrogens (tertiary/aromatic N) is 3. The van der Waals surface area contributed by atoms with E-state index in [4.69, 9.17) is 5.11 Å². The van der Waals surface area contributed by atoms with E-state index in [1.807, 2.05) is 0 Å². The van der Waals surface area contributed by atoms with E-state index in [1.165, 1.54) is 10.8 Å². The predicted molar refractivity (Wildman–Crippen MR) is 69.5 cm³/mol. The number of benzene rings is 1. The van der Waals surface area contributed by atoms with Gasteiger partial charge in [0, 0.05) is 24.9 Å². The van der Waals surface area contributed by atoms with Crippen LogP contribution in [-0.2, 0) is 11.3 Å². The van der Waals surface area contributed by atoms with Crippen molar-refractivity contribution in [2.24, 2.45) is 0 Å². The van der Waals surface area contributed by atoms with E-state index >= 15 is 0 Å². The largest absolute Gasteiger partial charge is 0.481 e. The van der Waals surface area contributed by atoms with Crippen LogP contribution in [0.2, 0.25) is 0 Å². The van der Waals surface area contributed by atoms with Crippen molar-refractivity contribution in [3.8, 4) is 11.4 Å². The van der Waals surface area contributed by atoms with Crippen molar-refractivity contribution in [1.82, 2.24) is 19.7 Å². The number of halogens is 2. The highest BCUT2D eigenvalue weighted by Gasteiger charge is 2.16. The molecule has 1 aromatic carbocycles. The summed E-state index contributed by atoms with van der Waals surface area (Å²) in [5.74, 6) is -2.58. The molecule has 2 heterocycles. The second kappa shape index (κ2) is 4.97. The number of carboxylic acid groups (broad SMARTS) is 1. The summed E-state index contributed by atoms with van der Waals surface area (Å²) in [7, 11) is 0. The Bertz CT molecular complexity index is 811. The van der Waals surface area contributed by atoms with Crippen molar-refractivity contribution >= 4 is 17.0 Å². The first-order chi connectivity index (χ1) is 10.1. The number of carbonyl (C=O) groups is 1. The lowest BCUT2D eigenvalue weighted by Gasteiger charge is -2.06. The average Bonchev–Trinajstić information content (AvgIpc) is 3.04. The summed E-state index contributed by atoms with van der Waals surface area (Å²) in [6.07, 6.45) is 2.92. The zero-order valence-corrected chi connectivity index (χ0v) is 10.7. The van der Waals surface area contributed by atoms with Crippen LogP contribution in [-0.4, -0.2) is 30.8 Å². The van der Waals surface area contributed by atoms with Crippen molar-refractivity contribution < 1.29 is 18.7 Å². The maximum Gasteiger partial charge on any atom is 0.305 e. The van der Waals surface area contributed by atoms with Crippen molar-refractivity contribution in [3.05, 3.63) is 36.2 Å². The first kappa shape index (κ1) is 13.2. The summed E-state index contributed by atoms with van der Waals surface area (Å²) in [6.45, 7) is 0.0947. The number of carboxylic acids is 1. The molecule has 21 heavy (non-hydrogen) atoms. The van der Waals surface area contributed by atoms with Crippen LogP contribution < -0.4 is 0 Å². The van der Waals surface area contributed by atoms with Crippen molar-refractivity contribution in [2.75, 3.05) is 0 Å². The SMILES string of the molecule is O=C(O)CCn1c(-c2cn[nH]c2)nc2cc(F)c(F)cc21. The quantitative estimate of drug-likeness (QED) is 0.772. The van der Waals surface area contributed by atoms with Gasteiger partial charge in [-0.1, -0.05) is 0 Å². The molecule has 0 saturated heterocycles. The number of imidazole rings is 1. The molecule has 0 amide bonds. The molecule has 6 nitrogen and oxygen atoms in total. The molecule has 3 rings (SSSR count). The monoisotopic (exact) mass is 292 g/mol. The lowest BCUT2D eigenvalue weighted by atomic mass is 10.3. The summed E-state index contributed by atoms with van der Waals surface area (Å²) < 4.78 is 28.3. The molecule has 0 bridgehead atoms. The lowest BCUT2D eigenvalue weighted by molar-refractivity contribution is -0.137. The van der Waals surface area contributed by atoms with Gasteiger partial charge in [0.2, 0.25) is 0 Å². The van der Waals surface area contributed by atoms with E-state index in [0.717, 1.165) is 12.1 Å². The van der Waals surface area contributed by atoms with E-state index in [-0.39, 0.29) is 18.5 Å². The molecule has 0 saturated carbocycles. The molecule has 0 radical (unpaired) electrons. The number of aryl methyl sites for hydroxylation is 1. The molecule has 3 aromatic rings. The molecule has 0 aliphatic rings. The Morgan fingerprint density at radius 1 is 1.33 bits per heavy atom. The molecule has 0 fully saturated rings. The fraction of sp³-hybridized carbons (Fsp3) is 0.154. The van der Waals surface area contributed by atoms with Gasteiger partial charge in [-0.25, -0.2) is 13.8 Å². The summed E-state index contributed by atoms with van der Waals surface area (Å²) in [6, 6.07) is 2.01. The Kier molecular flexibility index (Phi) is 3.13. The molecule has 0 atom stereocenters. The van der Waals surface area contributed by atoms with E-state index in [9.17, 15) is 13.6 Å². The van der Waals surface area contributed by atoms with E-state index in [0.29, 0.717) is 16.9 Å². The van der Waals surface area contributed by atoms with Gasteiger partial charge in [0.25, 0.3) is 0 Å². The molecule has 108 valence electrons. The Morgan fingerprint density at radius 2 is 2.10 bits per heavy atom. The summed E-state index contributed by atoms with van der Waals surface area (Å²) in [5.41, 5.74) is 1.21. The number of aliphatic carboxylic acids is 1. The molecular formula is C13H10F2N4O2. The van der Waals surface area contributed by atoms with Crippen molar-refractivity contribution in [1.29, 1.82) is 0 Å². The maximum absolute atomic E-state index is 13.4. The predicted octanol–water partition coefficient (Wildman–Crippen LogP) is 2.18. The minimum atomic E-state index is -1.00. The van der Waals surface area contributed by atoms with E-state index < -0.39 is 17.6 Å². The van der Waals surface area contributed by atoms with E-state index in [2.05, 4.69) is 15.2 Å². The fourth-order valence-corrected chi connectivity index (χ4v) is 2.15. The second-order valence-electron chi connectivity index (χ2n) is 4.47. The summed E-state index contributed by atoms with van der Waals surface area (Å²) in [5, 5.41) is 15.2. The number of hydrogen-bond donors (Lipinski definition) is 2. The van der Waals surface area contributed by atoms with Crippen LogP contribution in [0.4, 0.5) is 8.78 Å². The Hall–Kier alpha value is -2.77. The topological polar surface area (TPSA) is 83.8 Å². The highest BCUT2D eigenvalue weighted by atomic mass is 19.2. The van der Waals surface area contributed by atoms with Crippen LogP contribution in [0.5, 0.6) is 0 Å². The molecule has 2 N–H and O–H groups in total. The highest BCUT2D eigenvalue weighted by Crippen LogP contribution is 2.26. The third-order valence-electron chi connectivity index (χ3n) is 3.10. The zero-order chi connectivity index (χ0) is 15.0. The first-order valence-electron chi connectivity index (χ1n) is 6.12. The normalized spacial score (nSPS) is 11.1. The van der Waals surface area contributed by atoms with Gasteiger partial charge in [0.15, 0.2) is 11.6 Å². The van der Waals surface area contributed by atoms with Gasteiger partial charge in [-0.2, -0.15) is 5.10 Å². The molecule has 8 heteroatoms. The number of fused-ring (bicyclic) bond motifs is 1. The van der Waals surface area contributed by atoms with Crippen LogP contribution in [0, 0.1) is 11.6 Å². The van der Waals surface area contributed by atoms with Crippen molar-refractivity contribution in [3.63, 3.8) is 0 Å². The zero-order valence-electron chi connectivity index (χ0n) is 10.7. The third kappa shape index (κ3) is 2.35. The van der Waals surface area contributed by atoms with Crippen LogP contribution >= 0.6 is 0 Å². The van der Waals surface area contributed by atoms with Crippen LogP contribution in [0.25, 0.3) is 22.4 Å². The molecule has 0 aliphatic heterocycles. The van der Waals surface area contributed by atoms with Crippen LogP contribution in [0.15, 0.2) is 24.5 Å². The van der Waals surface area contributed by atoms with Gasteiger partial charge in [-0.15, -0.1) is 0 Å². The highest BCUT2D eigenvalue weighted by molar-refractivity contribution is 5.81. The van der Waals surface area contributed by atoms with Gasteiger partial charge in [-0.3, -0.25) is 9.89 Å². The fourth-order valence-electron chi connectivity index (χ4n) is 2.15. The Morgan fingerprint density at radius 3 is 2.76 bits per heavy atom. The maximum atomic E-state index is 13.4. The van der Waals surface area contributed by atoms with Gasteiger partial charge < -0.3 is 9.67 Å². The van der Waals surface area contributed by atoms with Gasteiger partial charge >= 0.3 is 5.97 Å². The average molecular weight is 292 g/mol. The number of hydrogen-bond acceptors (Lipinski definition) is 3. The van der Waals surface area contributed by atoms with Gasteiger partial charge in [0.1, 0.15) is 5.82 Å². The Balaban J connectivity index is 2.20. The van der Waals surface area contributed by atoms with Crippen molar-refractivity contribution in [2.45, 2.75) is 13.0 Å². The number of aromatic amines is 1. The van der Waals surface area contributed by atoms with Gasteiger partial charge in [-0.05, 0) is 0 Å². The third-order valence-corrected chi connectivity index (χ3v) is 3.10. The number of aromatic nitrogens is 4. The number of nitrogens with one attached hydrogen (secondary N) is 1. The van der Waals surface area contributed by atoms with Crippen LogP contribution in [0.3, 0.4) is 0 Å². The molecule has 0 aliphatic carbocycles. The molecular weight excluding hydrogens is 282 g/mol. The summed E-state index contributed by atoms with van der Waals surface area (Å²) >= 11 is 0. The molecule has 2 aromatic heterocycles. The Labute approximate surface area is 117 Å². The van der Waals surface area contributed by atoms with E-state index in [1.54, 1.807) is 6.20 Å². The smallest absolute Gasteiger partial charge is 0.305 e.